The van der Waals surface area contributed by atoms with Gasteiger partial charge in [0, 0.05) is 11.6 Å². The second-order valence-corrected chi connectivity index (χ2v) is 2.82. The first-order valence-electron chi connectivity index (χ1n) is 2.75. The Bertz CT molecular complexity index is 221. The molecule has 1 aromatic rings. The molecule has 0 aliphatic rings. The summed E-state index contributed by atoms with van der Waals surface area (Å²) in [5.41, 5.74) is 2.64. The summed E-state index contributed by atoms with van der Waals surface area (Å²) in [6.07, 6.45) is 0. The average Bonchev–Trinajstić information content (AvgIpc) is 2.31. The van der Waals surface area contributed by atoms with Gasteiger partial charge in [-0.2, -0.15) is 9.49 Å². The van der Waals surface area contributed by atoms with Crippen molar-refractivity contribution in [3.05, 3.63) is 22.1 Å². The van der Waals surface area contributed by atoms with Crippen LogP contribution in [0.4, 0.5) is 4.39 Å². The third kappa shape index (κ3) is 1.80. The van der Waals surface area contributed by atoms with Crippen LogP contribution >= 0.6 is 11.3 Å². The summed E-state index contributed by atoms with van der Waals surface area (Å²) < 4.78 is 12.3. The summed E-state index contributed by atoms with van der Waals surface area (Å²) in [5, 5.41) is 3.26. The van der Waals surface area contributed by atoms with Crippen LogP contribution in [0.25, 0.3) is 0 Å². The zero-order valence-electron chi connectivity index (χ0n) is 5.30. The minimum absolute atomic E-state index is 0.166. The van der Waals surface area contributed by atoms with Crippen molar-refractivity contribution in [3.63, 3.8) is 0 Å². The van der Waals surface area contributed by atoms with Gasteiger partial charge in [-0.15, -0.1) is 11.3 Å². The summed E-state index contributed by atoms with van der Waals surface area (Å²) in [6, 6.07) is 3.16. The fraction of sp³-hybridized carbons (Fsp3) is 0.167. The van der Waals surface area contributed by atoms with E-state index in [0.29, 0.717) is 6.54 Å². The van der Waals surface area contributed by atoms with Gasteiger partial charge in [0.2, 0.25) is 0 Å². The molecule has 0 amide bonds. The van der Waals surface area contributed by atoms with E-state index in [1.165, 1.54) is 6.07 Å². The van der Waals surface area contributed by atoms with Gasteiger partial charge in [0.05, 0.1) is 6.54 Å². The van der Waals surface area contributed by atoms with Crippen LogP contribution in [0.2, 0.25) is 0 Å². The van der Waals surface area contributed by atoms with E-state index in [4.69, 9.17) is 0 Å². The van der Waals surface area contributed by atoms with E-state index < -0.39 is 0 Å². The number of rotatable bonds is 3. The highest BCUT2D eigenvalue weighted by atomic mass is 32.1. The molecule has 54 valence electrons. The highest BCUT2D eigenvalue weighted by Gasteiger charge is 1.95. The lowest BCUT2D eigenvalue weighted by molar-refractivity contribution is 0.657. The van der Waals surface area contributed by atoms with Gasteiger partial charge in [-0.05, 0) is 12.1 Å². The van der Waals surface area contributed by atoms with Crippen LogP contribution in [0.15, 0.2) is 17.2 Å². The van der Waals surface area contributed by atoms with Gasteiger partial charge < -0.3 is 5.43 Å². The lowest BCUT2D eigenvalue weighted by Crippen LogP contribution is -2.01. The fourth-order valence-electron chi connectivity index (χ4n) is 0.581. The SMILES string of the molecule is C=NNCc1ccc(F)s1. The van der Waals surface area contributed by atoms with Crippen molar-refractivity contribution in [2.24, 2.45) is 5.10 Å². The molecule has 2 nitrogen and oxygen atoms in total. The topological polar surface area (TPSA) is 24.4 Å². The molecule has 0 aliphatic heterocycles. The Kier molecular flexibility index (Phi) is 2.39. The van der Waals surface area contributed by atoms with Crippen LogP contribution in [0.1, 0.15) is 4.88 Å². The van der Waals surface area contributed by atoms with Gasteiger partial charge in [0.15, 0.2) is 5.13 Å². The third-order valence-corrected chi connectivity index (χ3v) is 1.87. The zero-order valence-corrected chi connectivity index (χ0v) is 6.12. The van der Waals surface area contributed by atoms with Gasteiger partial charge in [-0.3, -0.25) is 0 Å². The average molecular weight is 158 g/mol. The molecule has 0 aliphatic carbocycles. The van der Waals surface area contributed by atoms with Crippen molar-refractivity contribution in [1.29, 1.82) is 0 Å². The summed E-state index contributed by atoms with van der Waals surface area (Å²) in [6.45, 7) is 3.79. The van der Waals surface area contributed by atoms with Crippen LogP contribution in [0, 0.1) is 5.13 Å². The second kappa shape index (κ2) is 3.31. The van der Waals surface area contributed by atoms with Crippen LogP contribution < -0.4 is 5.43 Å². The van der Waals surface area contributed by atoms with Crippen molar-refractivity contribution in [2.45, 2.75) is 6.54 Å². The Balaban J connectivity index is 2.49. The van der Waals surface area contributed by atoms with Crippen molar-refractivity contribution >= 4 is 18.1 Å². The molecule has 1 aromatic heterocycles. The Morgan fingerprint density at radius 3 is 3.00 bits per heavy atom. The second-order valence-electron chi connectivity index (χ2n) is 1.70. The minimum atomic E-state index is -0.166. The fourth-order valence-corrected chi connectivity index (χ4v) is 1.24. The van der Waals surface area contributed by atoms with E-state index in [1.807, 2.05) is 0 Å². The van der Waals surface area contributed by atoms with Crippen LogP contribution in [-0.4, -0.2) is 6.72 Å². The maximum absolute atomic E-state index is 12.3. The Morgan fingerprint density at radius 1 is 1.70 bits per heavy atom. The van der Waals surface area contributed by atoms with Gasteiger partial charge >= 0.3 is 0 Å². The summed E-state index contributed by atoms with van der Waals surface area (Å²) >= 11 is 1.11. The largest absolute Gasteiger partial charge is 0.305 e. The van der Waals surface area contributed by atoms with Crippen LogP contribution in [-0.2, 0) is 6.54 Å². The molecule has 0 aromatic carbocycles. The lowest BCUT2D eigenvalue weighted by Gasteiger charge is -1.92. The van der Waals surface area contributed by atoms with E-state index in [1.54, 1.807) is 6.07 Å². The Morgan fingerprint density at radius 2 is 2.50 bits per heavy atom. The first-order valence-corrected chi connectivity index (χ1v) is 3.57. The Labute approximate surface area is 62.4 Å². The molecule has 1 heterocycles. The standard InChI is InChI=1S/C6H7FN2S/c1-8-9-4-5-2-3-6(7)10-5/h2-3,9H,1,4H2. The summed E-state index contributed by atoms with van der Waals surface area (Å²) in [4.78, 5) is 0.921. The highest BCUT2D eigenvalue weighted by Crippen LogP contribution is 2.13. The third-order valence-electron chi connectivity index (χ3n) is 0.994. The molecule has 1 rings (SSSR count). The van der Waals surface area contributed by atoms with Gasteiger partial charge in [0.25, 0.3) is 0 Å². The first-order chi connectivity index (χ1) is 4.83. The number of hydrogen-bond donors (Lipinski definition) is 1. The molecular formula is C6H7FN2S. The van der Waals surface area contributed by atoms with E-state index in [0.717, 1.165) is 16.2 Å². The van der Waals surface area contributed by atoms with Crippen LogP contribution in [0.3, 0.4) is 0 Å². The number of thiophene rings is 1. The molecule has 4 heteroatoms. The molecule has 0 bridgehead atoms. The Hall–Kier alpha value is -0.900. The molecule has 0 atom stereocenters. The molecule has 0 spiro atoms. The molecule has 0 fully saturated rings. The van der Waals surface area contributed by atoms with E-state index in [2.05, 4.69) is 17.2 Å². The first kappa shape index (κ1) is 7.21. The molecule has 0 unspecified atom stereocenters. The van der Waals surface area contributed by atoms with Gasteiger partial charge in [0.1, 0.15) is 0 Å². The van der Waals surface area contributed by atoms with Crippen LogP contribution in [0.5, 0.6) is 0 Å². The van der Waals surface area contributed by atoms with E-state index in [-0.39, 0.29) is 5.13 Å². The summed E-state index contributed by atoms with van der Waals surface area (Å²) in [5.74, 6) is 0. The molecule has 1 N–H and O–H groups in total. The number of hydrogen-bond acceptors (Lipinski definition) is 3. The molecule has 0 saturated carbocycles. The van der Waals surface area contributed by atoms with E-state index >= 15 is 0 Å². The maximum Gasteiger partial charge on any atom is 0.176 e. The molecule has 10 heavy (non-hydrogen) atoms. The maximum atomic E-state index is 12.3. The van der Waals surface area contributed by atoms with Crippen molar-refractivity contribution in [1.82, 2.24) is 5.43 Å². The molecule has 0 saturated heterocycles. The quantitative estimate of drug-likeness (QED) is 0.524. The zero-order chi connectivity index (χ0) is 7.40. The highest BCUT2D eigenvalue weighted by molar-refractivity contribution is 7.10. The van der Waals surface area contributed by atoms with E-state index in [9.17, 15) is 4.39 Å². The predicted molar refractivity (Wildman–Crippen MR) is 40.7 cm³/mol. The molecule has 0 radical (unpaired) electrons. The predicted octanol–water partition coefficient (Wildman–Crippen LogP) is 1.59. The lowest BCUT2D eigenvalue weighted by atomic mass is 10.5. The monoisotopic (exact) mass is 158 g/mol. The van der Waals surface area contributed by atoms with Gasteiger partial charge in [-0.25, -0.2) is 0 Å². The molecular weight excluding hydrogens is 151 g/mol. The normalized spacial score (nSPS) is 9.30. The van der Waals surface area contributed by atoms with Gasteiger partial charge in [-0.1, -0.05) is 0 Å². The van der Waals surface area contributed by atoms with Crippen molar-refractivity contribution in [2.75, 3.05) is 0 Å². The van der Waals surface area contributed by atoms with Crippen molar-refractivity contribution < 1.29 is 4.39 Å². The summed E-state index contributed by atoms with van der Waals surface area (Å²) in [7, 11) is 0. The number of hydrazone groups is 1. The smallest absolute Gasteiger partial charge is 0.176 e. The number of halogens is 1. The number of nitrogens with zero attached hydrogens (tertiary/aromatic N) is 1. The van der Waals surface area contributed by atoms with Crippen molar-refractivity contribution in [3.8, 4) is 0 Å². The minimum Gasteiger partial charge on any atom is -0.305 e. The number of nitrogens with one attached hydrogen (secondary N) is 1.